The Morgan fingerprint density at radius 2 is 2.07 bits per heavy atom. The largest absolute Gasteiger partial charge is 0.451 e. The topological polar surface area (TPSA) is 84.6 Å². The van der Waals surface area contributed by atoms with Gasteiger partial charge in [0.25, 0.3) is 5.91 Å². The van der Waals surface area contributed by atoms with Gasteiger partial charge in [-0.15, -0.1) is 0 Å². The fourth-order valence-electron chi connectivity index (χ4n) is 3.51. The molecule has 1 aliphatic heterocycles. The predicted molar refractivity (Wildman–Crippen MR) is 110 cm³/mol. The highest BCUT2D eigenvalue weighted by Gasteiger charge is 2.24. The van der Waals surface area contributed by atoms with Crippen LogP contribution in [0.25, 0.3) is 0 Å². The molecule has 2 aromatic rings. The maximum atomic E-state index is 14.0. The Morgan fingerprint density at radius 1 is 1.34 bits per heavy atom. The molecule has 7 nitrogen and oxygen atoms in total. The molecule has 8 heteroatoms. The van der Waals surface area contributed by atoms with E-state index in [1.165, 1.54) is 24.5 Å². The molecule has 2 N–H and O–H groups in total. The molecular formula is C21H28FN5O2. The van der Waals surface area contributed by atoms with Gasteiger partial charge in [-0.25, -0.2) is 14.4 Å². The van der Waals surface area contributed by atoms with Crippen LogP contribution in [0.1, 0.15) is 44.0 Å². The molecule has 0 saturated carbocycles. The minimum absolute atomic E-state index is 0.0169. The van der Waals surface area contributed by atoms with Gasteiger partial charge in [0.1, 0.15) is 17.9 Å². The lowest BCUT2D eigenvalue weighted by Crippen LogP contribution is -2.40. The lowest BCUT2D eigenvalue weighted by molar-refractivity contribution is 0.0713. The molecule has 29 heavy (non-hydrogen) atoms. The van der Waals surface area contributed by atoms with Gasteiger partial charge in [-0.3, -0.25) is 4.79 Å². The third-order valence-corrected chi connectivity index (χ3v) is 5.11. The van der Waals surface area contributed by atoms with Gasteiger partial charge in [0.2, 0.25) is 0 Å². The monoisotopic (exact) mass is 401 g/mol. The smallest absolute Gasteiger partial charge is 0.257 e. The molecule has 1 aliphatic rings. The molecule has 1 amide bonds. The third kappa shape index (κ3) is 4.82. The maximum Gasteiger partial charge on any atom is 0.257 e. The molecule has 0 atom stereocenters. The summed E-state index contributed by atoms with van der Waals surface area (Å²) in [6.07, 6.45) is 4.76. The lowest BCUT2D eigenvalue weighted by Gasteiger charge is -2.31. The van der Waals surface area contributed by atoms with Crippen LogP contribution in [0.3, 0.4) is 0 Å². The van der Waals surface area contributed by atoms with E-state index >= 15 is 0 Å². The summed E-state index contributed by atoms with van der Waals surface area (Å²) in [7, 11) is 0. The number of anilines is 1. The van der Waals surface area contributed by atoms with Crippen molar-refractivity contribution in [2.75, 3.05) is 24.5 Å². The van der Waals surface area contributed by atoms with Crippen molar-refractivity contribution in [1.82, 2.24) is 14.9 Å². The molecule has 156 valence electrons. The van der Waals surface area contributed by atoms with E-state index in [9.17, 15) is 9.18 Å². The molecule has 1 fully saturated rings. The highest BCUT2D eigenvalue weighted by Crippen LogP contribution is 2.33. The highest BCUT2D eigenvalue weighted by atomic mass is 19.1. The maximum absolute atomic E-state index is 14.0. The second kappa shape index (κ2) is 9.17. The van der Waals surface area contributed by atoms with E-state index in [1.54, 1.807) is 11.1 Å². The van der Waals surface area contributed by atoms with Gasteiger partial charge in [-0.2, -0.15) is 0 Å². The van der Waals surface area contributed by atoms with Gasteiger partial charge in [-0.05, 0) is 51.8 Å². The number of carbonyl (C=O) groups excluding carboxylic acids is 1. The molecule has 0 radical (unpaired) electrons. The predicted octanol–water partition coefficient (Wildman–Crippen LogP) is 3.21. The Morgan fingerprint density at radius 3 is 2.72 bits per heavy atom. The lowest BCUT2D eigenvalue weighted by atomic mass is 10.1. The Labute approximate surface area is 170 Å². The highest BCUT2D eigenvalue weighted by molar-refractivity contribution is 5.97. The normalized spacial score (nSPS) is 14.9. The number of nitrogens with two attached hydrogens (primary N) is 1. The van der Waals surface area contributed by atoms with Crippen molar-refractivity contribution >= 4 is 11.7 Å². The molecule has 3 rings (SSSR count). The molecule has 1 aromatic carbocycles. The zero-order chi connectivity index (χ0) is 21.0. The molecular weight excluding hydrogens is 373 g/mol. The van der Waals surface area contributed by atoms with Gasteiger partial charge in [-0.1, -0.05) is 0 Å². The van der Waals surface area contributed by atoms with Crippen LogP contribution in [-0.2, 0) is 0 Å². The van der Waals surface area contributed by atoms with E-state index in [0.717, 1.165) is 25.9 Å². The molecule has 0 unspecified atom stereocenters. The van der Waals surface area contributed by atoms with Crippen LogP contribution in [0.2, 0.25) is 0 Å². The van der Waals surface area contributed by atoms with Crippen LogP contribution in [-0.4, -0.2) is 52.5 Å². The standard InChI is InChI=1S/C21H28FN5O2/c1-4-27(14(2)3)21(28)17-11-15(22)5-6-18(17)29-19-12-24-13-25-20(19)26-9-7-16(23)8-10-26/h5-6,11-14,16H,4,7-10,23H2,1-3H3. The summed E-state index contributed by atoms with van der Waals surface area (Å²) in [5.74, 6) is 0.580. The first-order chi connectivity index (χ1) is 13.9. The number of halogens is 1. The van der Waals surface area contributed by atoms with Crippen molar-refractivity contribution in [2.45, 2.75) is 45.7 Å². The van der Waals surface area contributed by atoms with Crippen molar-refractivity contribution in [2.24, 2.45) is 5.73 Å². The van der Waals surface area contributed by atoms with E-state index in [1.807, 2.05) is 20.8 Å². The zero-order valence-corrected chi connectivity index (χ0v) is 17.1. The van der Waals surface area contributed by atoms with Crippen LogP contribution in [0.15, 0.2) is 30.7 Å². The first-order valence-corrected chi connectivity index (χ1v) is 9.99. The summed E-state index contributed by atoms with van der Waals surface area (Å²) in [4.78, 5) is 25.2. The number of hydrogen-bond donors (Lipinski definition) is 1. The molecule has 1 aromatic heterocycles. The van der Waals surface area contributed by atoms with E-state index < -0.39 is 5.82 Å². The van der Waals surface area contributed by atoms with Crippen molar-refractivity contribution in [3.05, 3.63) is 42.1 Å². The van der Waals surface area contributed by atoms with Gasteiger partial charge < -0.3 is 20.3 Å². The number of ether oxygens (including phenoxy) is 1. The first-order valence-electron chi connectivity index (χ1n) is 9.99. The second-order valence-corrected chi connectivity index (χ2v) is 7.46. The second-order valence-electron chi connectivity index (χ2n) is 7.46. The summed E-state index contributed by atoms with van der Waals surface area (Å²) in [5.41, 5.74) is 6.18. The van der Waals surface area contributed by atoms with Crippen LogP contribution >= 0.6 is 0 Å². The SMILES string of the molecule is CCN(C(=O)c1cc(F)ccc1Oc1cncnc1N1CCC(N)CC1)C(C)C. The van der Waals surface area contributed by atoms with Gasteiger partial charge in [0.05, 0.1) is 11.8 Å². The van der Waals surface area contributed by atoms with E-state index in [0.29, 0.717) is 18.1 Å². The van der Waals surface area contributed by atoms with Crippen molar-refractivity contribution in [3.8, 4) is 11.5 Å². The van der Waals surface area contributed by atoms with E-state index in [-0.39, 0.29) is 29.3 Å². The number of piperidine rings is 1. The Hall–Kier alpha value is -2.74. The summed E-state index contributed by atoms with van der Waals surface area (Å²) < 4.78 is 20.0. The third-order valence-electron chi connectivity index (χ3n) is 5.11. The van der Waals surface area contributed by atoms with Crippen LogP contribution in [0, 0.1) is 5.82 Å². The number of amides is 1. The van der Waals surface area contributed by atoms with Gasteiger partial charge in [0, 0.05) is 31.7 Å². The molecule has 0 aliphatic carbocycles. The summed E-state index contributed by atoms with van der Waals surface area (Å²) in [6.45, 7) is 7.78. The average molecular weight is 401 g/mol. The number of aromatic nitrogens is 2. The van der Waals surface area contributed by atoms with Gasteiger partial charge >= 0.3 is 0 Å². The van der Waals surface area contributed by atoms with Gasteiger partial charge in [0.15, 0.2) is 11.6 Å². The Balaban J connectivity index is 1.93. The quantitative estimate of drug-likeness (QED) is 0.800. The van der Waals surface area contributed by atoms with Crippen molar-refractivity contribution in [3.63, 3.8) is 0 Å². The summed E-state index contributed by atoms with van der Waals surface area (Å²) >= 11 is 0. The fraction of sp³-hybridized carbons (Fsp3) is 0.476. The fourth-order valence-corrected chi connectivity index (χ4v) is 3.51. The van der Waals surface area contributed by atoms with Crippen molar-refractivity contribution < 1.29 is 13.9 Å². The van der Waals surface area contributed by atoms with Crippen molar-refractivity contribution in [1.29, 1.82) is 0 Å². The number of hydrogen-bond acceptors (Lipinski definition) is 6. The number of rotatable bonds is 6. The summed E-state index contributed by atoms with van der Waals surface area (Å²) in [5, 5.41) is 0. The Bertz CT molecular complexity index is 853. The number of benzene rings is 1. The molecule has 0 spiro atoms. The summed E-state index contributed by atoms with van der Waals surface area (Å²) in [6, 6.07) is 4.14. The zero-order valence-electron chi connectivity index (χ0n) is 17.1. The minimum Gasteiger partial charge on any atom is -0.451 e. The first kappa shape index (κ1) is 21.0. The molecule has 1 saturated heterocycles. The molecule has 0 bridgehead atoms. The van der Waals surface area contributed by atoms with Crippen LogP contribution in [0.5, 0.6) is 11.5 Å². The Kier molecular flexibility index (Phi) is 6.64. The number of nitrogens with zero attached hydrogens (tertiary/aromatic N) is 4. The van der Waals surface area contributed by atoms with E-state index in [2.05, 4.69) is 14.9 Å². The number of carbonyl (C=O) groups is 1. The van der Waals surface area contributed by atoms with Crippen LogP contribution in [0.4, 0.5) is 10.2 Å². The minimum atomic E-state index is -0.491. The average Bonchev–Trinajstić information content (AvgIpc) is 2.70. The van der Waals surface area contributed by atoms with Crippen LogP contribution < -0.4 is 15.4 Å². The van der Waals surface area contributed by atoms with E-state index in [4.69, 9.17) is 10.5 Å². The molecule has 2 heterocycles.